The molecule has 1 aromatic heterocycles. The Morgan fingerprint density at radius 2 is 1.96 bits per heavy atom. The lowest BCUT2D eigenvalue weighted by Gasteiger charge is -2.20. The van der Waals surface area contributed by atoms with Gasteiger partial charge in [0.1, 0.15) is 0 Å². The van der Waals surface area contributed by atoms with Crippen LogP contribution in [0.5, 0.6) is 0 Å². The van der Waals surface area contributed by atoms with Gasteiger partial charge in [0.25, 0.3) is 0 Å². The molecule has 0 aliphatic carbocycles. The van der Waals surface area contributed by atoms with E-state index >= 15 is 0 Å². The topological polar surface area (TPSA) is 36.1 Å². The van der Waals surface area contributed by atoms with E-state index in [1.165, 1.54) is 11.1 Å². The van der Waals surface area contributed by atoms with Crippen LogP contribution < -0.4 is 0 Å². The number of hydrogen-bond donors (Lipinski definition) is 1. The van der Waals surface area contributed by atoms with Crippen LogP contribution >= 0.6 is 11.8 Å². The number of hydrogen-bond acceptors (Lipinski definition) is 2. The Hall–Kier alpha value is -2.20. The second-order valence-corrected chi connectivity index (χ2v) is 8.23. The Balaban J connectivity index is 1.44. The third-order valence-corrected chi connectivity index (χ3v) is 6.56. The fourth-order valence-corrected chi connectivity index (χ4v) is 5.10. The number of amides is 1. The predicted octanol–water partition coefficient (Wildman–Crippen LogP) is 4.73. The van der Waals surface area contributed by atoms with Crippen LogP contribution in [0.1, 0.15) is 28.4 Å². The molecule has 0 unspecified atom stereocenters. The van der Waals surface area contributed by atoms with Crippen molar-refractivity contribution in [3.8, 4) is 0 Å². The van der Waals surface area contributed by atoms with Gasteiger partial charge in [-0.05, 0) is 36.1 Å². The van der Waals surface area contributed by atoms with E-state index in [9.17, 15) is 4.79 Å². The number of para-hydroxylation sites is 1. The smallest absolute Gasteiger partial charge is 0.227 e. The molecule has 134 valence electrons. The summed E-state index contributed by atoms with van der Waals surface area (Å²) in [5.74, 6) is 1.24. The Bertz CT molecular complexity index is 917. The molecule has 0 bridgehead atoms. The summed E-state index contributed by atoms with van der Waals surface area (Å²) in [6.07, 6.45) is 3.48. The highest BCUT2D eigenvalue weighted by molar-refractivity contribution is 7.99. The fourth-order valence-electron chi connectivity index (χ4n) is 3.77. The van der Waals surface area contributed by atoms with Crippen LogP contribution in [0.4, 0.5) is 0 Å². The van der Waals surface area contributed by atoms with Gasteiger partial charge in [-0.2, -0.15) is 11.8 Å². The fraction of sp³-hybridized carbons (Fsp3) is 0.318. The largest absolute Gasteiger partial charge is 0.361 e. The molecule has 1 aliphatic heterocycles. The summed E-state index contributed by atoms with van der Waals surface area (Å²) in [7, 11) is 0. The van der Waals surface area contributed by atoms with E-state index in [4.69, 9.17) is 0 Å². The van der Waals surface area contributed by atoms with E-state index in [0.717, 1.165) is 41.7 Å². The van der Waals surface area contributed by atoms with Crippen LogP contribution in [0.15, 0.2) is 54.7 Å². The summed E-state index contributed by atoms with van der Waals surface area (Å²) in [5, 5.41) is 1.64. The van der Waals surface area contributed by atoms with E-state index in [1.54, 1.807) is 0 Å². The number of aryl methyl sites for hydroxylation is 1. The Morgan fingerprint density at radius 3 is 2.85 bits per heavy atom. The minimum absolute atomic E-state index is 0.237. The number of carbonyl (C=O) groups is 1. The monoisotopic (exact) mass is 364 g/mol. The lowest BCUT2D eigenvalue weighted by molar-refractivity contribution is -0.130. The number of aromatic nitrogens is 1. The molecule has 1 amide bonds. The van der Waals surface area contributed by atoms with E-state index in [-0.39, 0.29) is 5.91 Å². The molecule has 1 N–H and O–H groups in total. The van der Waals surface area contributed by atoms with E-state index < -0.39 is 0 Å². The van der Waals surface area contributed by atoms with Gasteiger partial charge in [0.05, 0.1) is 6.42 Å². The molecule has 3 nitrogen and oxygen atoms in total. The van der Waals surface area contributed by atoms with Crippen molar-refractivity contribution in [2.24, 2.45) is 0 Å². The number of aromatic amines is 1. The van der Waals surface area contributed by atoms with Gasteiger partial charge >= 0.3 is 0 Å². The normalized spacial score (nSPS) is 18.0. The van der Waals surface area contributed by atoms with E-state index in [0.29, 0.717) is 11.7 Å². The summed E-state index contributed by atoms with van der Waals surface area (Å²) in [4.78, 5) is 18.2. The highest BCUT2D eigenvalue weighted by Crippen LogP contribution is 2.36. The minimum atomic E-state index is 0.237. The number of thioether (sulfide) groups is 1. The first-order valence-electron chi connectivity index (χ1n) is 9.22. The van der Waals surface area contributed by atoms with Gasteiger partial charge in [0.15, 0.2) is 0 Å². The molecule has 1 atom stereocenters. The van der Waals surface area contributed by atoms with Crippen molar-refractivity contribution in [1.82, 2.24) is 9.88 Å². The first-order valence-corrected chi connectivity index (χ1v) is 10.3. The number of H-pyrrole nitrogens is 1. The molecule has 0 radical (unpaired) electrons. The van der Waals surface area contributed by atoms with E-state index in [1.807, 2.05) is 35.0 Å². The second kappa shape index (κ2) is 7.58. The predicted molar refractivity (Wildman–Crippen MR) is 110 cm³/mol. The van der Waals surface area contributed by atoms with Gasteiger partial charge in [-0.3, -0.25) is 4.79 Å². The molecule has 2 aromatic carbocycles. The molecular weight excluding hydrogens is 340 g/mol. The van der Waals surface area contributed by atoms with Crippen LogP contribution in [-0.2, 0) is 11.2 Å². The molecule has 1 fully saturated rings. The van der Waals surface area contributed by atoms with Gasteiger partial charge in [-0.25, -0.2) is 0 Å². The zero-order valence-corrected chi connectivity index (χ0v) is 15.9. The molecular formula is C22H24N2OS. The van der Waals surface area contributed by atoms with Gasteiger partial charge in [-0.15, -0.1) is 0 Å². The third-order valence-electron chi connectivity index (χ3n) is 5.25. The van der Waals surface area contributed by atoms with Gasteiger partial charge in [0.2, 0.25) is 5.91 Å². The van der Waals surface area contributed by atoms with E-state index in [2.05, 4.69) is 48.3 Å². The highest BCUT2D eigenvalue weighted by atomic mass is 32.2. The third kappa shape index (κ3) is 3.51. The maximum Gasteiger partial charge on any atom is 0.227 e. The summed E-state index contributed by atoms with van der Waals surface area (Å²) in [5.41, 5.74) is 4.96. The Morgan fingerprint density at radius 1 is 1.15 bits per heavy atom. The molecule has 4 heteroatoms. The number of nitrogens with zero attached hydrogens (tertiary/aromatic N) is 1. The number of nitrogens with one attached hydrogen (secondary N) is 1. The van der Waals surface area contributed by atoms with Crippen molar-refractivity contribution < 1.29 is 4.79 Å². The average Bonchev–Trinajstić information content (AvgIpc) is 2.90. The molecule has 0 saturated carbocycles. The first-order chi connectivity index (χ1) is 12.7. The molecule has 1 aliphatic rings. The summed E-state index contributed by atoms with van der Waals surface area (Å²) in [6.45, 7) is 3.86. The minimum Gasteiger partial charge on any atom is -0.361 e. The zero-order valence-electron chi connectivity index (χ0n) is 15.1. The van der Waals surface area contributed by atoms with Crippen LogP contribution in [0, 0.1) is 6.92 Å². The van der Waals surface area contributed by atoms with Gasteiger partial charge in [0, 0.05) is 41.2 Å². The van der Waals surface area contributed by atoms with Crippen LogP contribution in [-0.4, -0.2) is 34.6 Å². The number of carbonyl (C=O) groups excluding carboxylic acids is 1. The van der Waals surface area contributed by atoms with Crippen molar-refractivity contribution in [2.75, 3.05) is 18.8 Å². The highest BCUT2D eigenvalue weighted by Gasteiger charge is 2.23. The van der Waals surface area contributed by atoms with Crippen molar-refractivity contribution in [3.05, 3.63) is 71.4 Å². The molecule has 0 spiro atoms. The number of fused-ring (bicyclic) bond motifs is 1. The molecule has 2 heterocycles. The molecule has 3 aromatic rings. The van der Waals surface area contributed by atoms with Crippen molar-refractivity contribution in [1.29, 1.82) is 0 Å². The molecule has 26 heavy (non-hydrogen) atoms. The summed E-state index contributed by atoms with van der Waals surface area (Å²) in [6, 6.07) is 16.8. The SMILES string of the molecule is Cc1ccccc1[C@@H]1CCN(C(=O)Cc2c[nH]c3ccccc23)CCS1. The Labute approximate surface area is 158 Å². The number of benzene rings is 2. The standard InChI is InChI=1S/C22H24N2OS/c1-16-6-2-3-7-18(16)21-10-11-24(12-13-26-21)22(25)14-17-15-23-20-9-5-4-8-19(17)20/h2-9,15,21,23H,10-14H2,1H3/t21-/m0/s1. The quantitative estimate of drug-likeness (QED) is 0.730. The Kier molecular flexibility index (Phi) is 5.02. The van der Waals surface area contributed by atoms with Crippen molar-refractivity contribution >= 4 is 28.6 Å². The zero-order chi connectivity index (χ0) is 17.9. The maximum absolute atomic E-state index is 12.9. The second-order valence-electron chi connectivity index (χ2n) is 6.92. The number of rotatable bonds is 3. The molecule has 4 rings (SSSR count). The lowest BCUT2D eigenvalue weighted by atomic mass is 10.0. The lowest BCUT2D eigenvalue weighted by Crippen LogP contribution is -2.34. The summed E-state index contributed by atoms with van der Waals surface area (Å²) < 4.78 is 0. The first kappa shape index (κ1) is 17.2. The molecule has 1 saturated heterocycles. The van der Waals surface area contributed by atoms with Gasteiger partial charge in [-0.1, -0.05) is 42.5 Å². The van der Waals surface area contributed by atoms with Crippen LogP contribution in [0.25, 0.3) is 10.9 Å². The van der Waals surface area contributed by atoms with Crippen molar-refractivity contribution in [2.45, 2.75) is 25.0 Å². The van der Waals surface area contributed by atoms with Crippen LogP contribution in [0.2, 0.25) is 0 Å². The van der Waals surface area contributed by atoms with Gasteiger partial charge < -0.3 is 9.88 Å². The maximum atomic E-state index is 12.9. The summed E-state index contributed by atoms with van der Waals surface area (Å²) >= 11 is 1.98. The average molecular weight is 365 g/mol. The van der Waals surface area contributed by atoms with Crippen molar-refractivity contribution in [3.63, 3.8) is 0 Å². The van der Waals surface area contributed by atoms with Crippen LogP contribution in [0.3, 0.4) is 0 Å².